The Morgan fingerprint density at radius 3 is 3.00 bits per heavy atom. The van der Waals surface area contributed by atoms with Gasteiger partial charge in [-0.15, -0.1) is 0 Å². The molecule has 2 rings (SSSR count). The van der Waals surface area contributed by atoms with Gasteiger partial charge in [0.05, 0.1) is 11.2 Å². The van der Waals surface area contributed by atoms with Crippen molar-refractivity contribution in [2.45, 2.75) is 6.42 Å². The van der Waals surface area contributed by atoms with Crippen molar-refractivity contribution in [2.75, 3.05) is 20.1 Å². The molecule has 0 aliphatic rings. The van der Waals surface area contributed by atoms with Crippen molar-refractivity contribution in [3.05, 3.63) is 27.4 Å². The van der Waals surface area contributed by atoms with Crippen LogP contribution in [0, 0.1) is 0 Å². The molecule has 0 saturated heterocycles. The molecule has 1 aromatic carbocycles. The molecule has 18 heavy (non-hydrogen) atoms. The van der Waals surface area contributed by atoms with Crippen LogP contribution in [0.4, 0.5) is 0 Å². The van der Waals surface area contributed by atoms with Crippen LogP contribution >= 0.6 is 11.3 Å². The third-order valence-electron chi connectivity index (χ3n) is 2.79. The first-order chi connectivity index (χ1) is 8.61. The van der Waals surface area contributed by atoms with Gasteiger partial charge in [0.15, 0.2) is 0 Å². The molecule has 0 radical (unpaired) electrons. The van der Waals surface area contributed by atoms with Crippen molar-refractivity contribution in [1.29, 1.82) is 0 Å². The van der Waals surface area contributed by atoms with E-state index in [1.807, 2.05) is 18.0 Å². The molecule has 0 atom stereocenters. The van der Waals surface area contributed by atoms with Crippen molar-refractivity contribution in [2.24, 2.45) is 0 Å². The van der Waals surface area contributed by atoms with Gasteiger partial charge in [0.25, 0.3) is 0 Å². The number of rotatable bonds is 5. The van der Waals surface area contributed by atoms with Gasteiger partial charge in [-0.05, 0) is 25.1 Å². The summed E-state index contributed by atoms with van der Waals surface area (Å²) < 4.78 is 0.791. The van der Waals surface area contributed by atoms with Gasteiger partial charge >= 0.3 is 4.87 Å². The van der Waals surface area contributed by atoms with Gasteiger partial charge in [-0.2, -0.15) is 0 Å². The van der Waals surface area contributed by atoms with E-state index in [0.29, 0.717) is 12.1 Å². The lowest BCUT2D eigenvalue weighted by Gasteiger charge is -2.13. The molecule has 0 amide bonds. The number of H-pyrrole nitrogens is 1. The zero-order chi connectivity index (χ0) is 13.1. The number of thiazole rings is 1. The molecule has 2 aromatic rings. The van der Waals surface area contributed by atoms with E-state index in [1.54, 1.807) is 6.07 Å². The Hall–Kier alpha value is -1.66. The van der Waals surface area contributed by atoms with Crippen LogP contribution < -0.4 is 4.87 Å². The molecule has 0 spiro atoms. The van der Waals surface area contributed by atoms with Gasteiger partial charge in [-0.1, -0.05) is 17.4 Å². The SMILES string of the molecule is CN(CC=O)CCc1ccc(O)c2[nH]c(=O)sc12. The van der Waals surface area contributed by atoms with E-state index < -0.39 is 0 Å². The first-order valence-electron chi connectivity index (χ1n) is 5.57. The van der Waals surface area contributed by atoms with Crippen LogP contribution in [0.5, 0.6) is 5.75 Å². The molecule has 0 aliphatic carbocycles. The Kier molecular flexibility index (Phi) is 3.78. The minimum Gasteiger partial charge on any atom is -0.506 e. The van der Waals surface area contributed by atoms with Gasteiger partial charge in [-0.3, -0.25) is 9.69 Å². The molecule has 6 heteroatoms. The molecule has 0 saturated carbocycles. The number of carbonyl (C=O) groups excluding carboxylic acids is 1. The number of aldehydes is 1. The fourth-order valence-electron chi connectivity index (χ4n) is 1.80. The van der Waals surface area contributed by atoms with E-state index >= 15 is 0 Å². The predicted octanol–water partition coefficient (Wildman–Crippen LogP) is 0.968. The van der Waals surface area contributed by atoms with Gasteiger partial charge in [-0.25, -0.2) is 0 Å². The van der Waals surface area contributed by atoms with Gasteiger partial charge in [0.1, 0.15) is 17.6 Å². The summed E-state index contributed by atoms with van der Waals surface area (Å²) in [6.07, 6.45) is 1.59. The van der Waals surface area contributed by atoms with Gasteiger partial charge in [0.2, 0.25) is 0 Å². The van der Waals surface area contributed by atoms with Crippen LogP contribution in [-0.2, 0) is 11.2 Å². The summed E-state index contributed by atoms with van der Waals surface area (Å²) in [4.78, 5) is 26.1. The molecule has 0 fully saturated rings. The average molecular weight is 266 g/mol. The van der Waals surface area contributed by atoms with Crippen LogP contribution in [0.25, 0.3) is 10.2 Å². The van der Waals surface area contributed by atoms with Crippen molar-refractivity contribution in [3.63, 3.8) is 0 Å². The maximum atomic E-state index is 11.3. The van der Waals surface area contributed by atoms with Crippen molar-refractivity contribution >= 4 is 27.8 Å². The number of carbonyl (C=O) groups is 1. The molecule has 96 valence electrons. The van der Waals surface area contributed by atoms with E-state index in [2.05, 4.69) is 4.98 Å². The van der Waals surface area contributed by atoms with Crippen LogP contribution in [0.3, 0.4) is 0 Å². The molecule has 0 bridgehead atoms. The number of hydrogen-bond acceptors (Lipinski definition) is 5. The molecule has 1 heterocycles. The Bertz CT molecular complexity index is 617. The second-order valence-electron chi connectivity index (χ2n) is 4.14. The second kappa shape index (κ2) is 5.32. The number of aromatic nitrogens is 1. The molecule has 5 nitrogen and oxygen atoms in total. The molecule has 0 aliphatic heterocycles. The smallest absolute Gasteiger partial charge is 0.305 e. The summed E-state index contributed by atoms with van der Waals surface area (Å²) in [6.45, 7) is 1.12. The maximum absolute atomic E-state index is 11.3. The van der Waals surface area contributed by atoms with Crippen LogP contribution in [0.2, 0.25) is 0 Å². The number of hydrogen-bond donors (Lipinski definition) is 2. The number of phenols is 1. The number of likely N-dealkylation sites (N-methyl/N-ethyl adjacent to an activating group) is 1. The molecular weight excluding hydrogens is 252 g/mol. The lowest BCUT2D eigenvalue weighted by Crippen LogP contribution is -2.23. The highest BCUT2D eigenvalue weighted by Gasteiger charge is 2.10. The van der Waals surface area contributed by atoms with E-state index in [4.69, 9.17) is 0 Å². The second-order valence-corrected chi connectivity index (χ2v) is 5.12. The Morgan fingerprint density at radius 1 is 1.50 bits per heavy atom. The molecule has 1 aromatic heterocycles. The topological polar surface area (TPSA) is 73.4 Å². The zero-order valence-corrected chi connectivity index (χ0v) is 10.8. The van der Waals surface area contributed by atoms with E-state index in [9.17, 15) is 14.7 Å². The van der Waals surface area contributed by atoms with Gasteiger partial charge < -0.3 is 14.9 Å². The van der Waals surface area contributed by atoms with Crippen LogP contribution in [-0.4, -0.2) is 41.4 Å². The zero-order valence-electron chi connectivity index (χ0n) is 9.97. The molecule has 0 unspecified atom stereocenters. The highest BCUT2D eigenvalue weighted by atomic mass is 32.1. The van der Waals surface area contributed by atoms with Crippen molar-refractivity contribution in [1.82, 2.24) is 9.88 Å². The maximum Gasteiger partial charge on any atom is 0.305 e. The summed E-state index contributed by atoms with van der Waals surface area (Å²) in [5, 5.41) is 9.65. The lowest BCUT2D eigenvalue weighted by molar-refractivity contribution is -0.108. The fraction of sp³-hybridized carbons (Fsp3) is 0.333. The van der Waals surface area contributed by atoms with Crippen LogP contribution in [0.1, 0.15) is 5.56 Å². The third kappa shape index (κ3) is 2.60. The summed E-state index contributed by atoms with van der Waals surface area (Å²) in [6, 6.07) is 3.40. The van der Waals surface area contributed by atoms with Crippen molar-refractivity contribution < 1.29 is 9.90 Å². The first-order valence-corrected chi connectivity index (χ1v) is 6.39. The number of phenolic OH excluding ortho intramolecular Hbond substituents is 1. The predicted molar refractivity (Wildman–Crippen MR) is 71.4 cm³/mol. The first kappa shape index (κ1) is 12.8. The minimum atomic E-state index is -0.172. The third-order valence-corrected chi connectivity index (χ3v) is 3.75. The number of aromatic hydroxyl groups is 1. The number of nitrogens with one attached hydrogen (secondary N) is 1. The van der Waals surface area contributed by atoms with E-state index in [0.717, 1.165) is 40.9 Å². The number of fused-ring (bicyclic) bond motifs is 1. The number of aromatic amines is 1. The number of nitrogens with zero attached hydrogens (tertiary/aromatic N) is 1. The van der Waals surface area contributed by atoms with E-state index in [1.165, 1.54) is 0 Å². The molecule has 2 N–H and O–H groups in total. The Balaban J connectivity index is 2.26. The quantitative estimate of drug-likeness (QED) is 0.791. The summed E-state index contributed by atoms with van der Waals surface area (Å²) in [7, 11) is 1.87. The average Bonchev–Trinajstić information content (AvgIpc) is 2.71. The standard InChI is InChI=1S/C12H14N2O3S/c1-14(6-7-15)5-4-8-2-3-9(16)10-11(8)18-12(17)13-10/h2-3,7,16H,4-6H2,1H3,(H,13,17). The monoisotopic (exact) mass is 266 g/mol. The normalized spacial score (nSPS) is 11.2. The van der Waals surface area contributed by atoms with E-state index in [-0.39, 0.29) is 10.6 Å². The minimum absolute atomic E-state index is 0.0911. The fourth-order valence-corrected chi connectivity index (χ4v) is 2.70. The largest absolute Gasteiger partial charge is 0.506 e. The van der Waals surface area contributed by atoms with Gasteiger partial charge in [0, 0.05) is 6.54 Å². The highest BCUT2D eigenvalue weighted by Crippen LogP contribution is 2.27. The molecular formula is C12H14N2O3S. The van der Waals surface area contributed by atoms with Crippen molar-refractivity contribution in [3.8, 4) is 5.75 Å². The Labute approximate surface area is 108 Å². The number of benzene rings is 1. The summed E-state index contributed by atoms with van der Waals surface area (Å²) in [5.74, 6) is 0.0911. The van der Waals surface area contributed by atoms with Crippen LogP contribution in [0.15, 0.2) is 16.9 Å². The Morgan fingerprint density at radius 2 is 2.28 bits per heavy atom. The summed E-state index contributed by atoms with van der Waals surface area (Å²) >= 11 is 1.10. The summed E-state index contributed by atoms with van der Waals surface area (Å²) in [5.41, 5.74) is 1.50. The lowest BCUT2D eigenvalue weighted by atomic mass is 10.1. The highest BCUT2D eigenvalue weighted by molar-refractivity contribution is 7.16.